The van der Waals surface area contributed by atoms with Crippen molar-refractivity contribution >= 4 is 27.3 Å². The molecular formula is C12H12BrNOS. The summed E-state index contributed by atoms with van der Waals surface area (Å²) < 4.78 is 5.13. The molecular weight excluding hydrogens is 286 g/mol. The maximum Gasteiger partial charge on any atom is 0.123 e. The molecule has 16 heavy (non-hydrogen) atoms. The lowest BCUT2D eigenvalue weighted by Crippen LogP contribution is -1.86. The van der Waals surface area contributed by atoms with Crippen molar-refractivity contribution in [3.05, 3.63) is 35.3 Å². The molecule has 0 saturated heterocycles. The second-order valence-electron chi connectivity index (χ2n) is 3.31. The van der Waals surface area contributed by atoms with Crippen LogP contribution in [0.2, 0.25) is 0 Å². The Morgan fingerprint density at radius 2 is 2.06 bits per heavy atom. The molecule has 0 atom stereocenters. The van der Waals surface area contributed by atoms with Crippen LogP contribution in [0.25, 0.3) is 10.6 Å². The minimum atomic E-state index is 0.876. The third kappa shape index (κ3) is 2.62. The van der Waals surface area contributed by atoms with E-state index in [0.717, 1.165) is 33.8 Å². The van der Waals surface area contributed by atoms with Crippen molar-refractivity contribution in [3.63, 3.8) is 0 Å². The number of benzene rings is 1. The quantitative estimate of drug-likeness (QED) is 0.802. The number of hydrogen-bond acceptors (Lipinski definition) is 3. The van der Waals surface area contributed by atoms with Crippen molar-refractivity contribution in [2.75, 3.05) is 12.4 Å². The van der Waals surface area contributed by atoms with Gasteiger partial charge >= 0.3 is 0 Å². The molecule has 0 unspecified atom stereocenters. The minimum absolute atomic E-state index is 0.876. The fraction of sp³-hybridized carbons (Fsp3) is 0.250. The highest BCUT2D eigenvalue weighted by molar-refractivity contribution is 9.09. The minimum Gasteiger partial charge on any atom is -0.497 e. The topological polar surface area (TPSA) is 22.1 Å². The highest BCUT2D eigenvalue weighted by Gasteiger charge is 2.04. The van der Waals surface area contributed by atoms with Gasteiger partial charge in [-0.1, -0.05) is 15.9 Å². The van der Waals surface area contributed by atoms with Gasteiger partial charge in [0.25, 0.3) is 0 Å². The van der Waals surface area contributed by atoms with E-state index < -0.39 is 0 Å². The third-order valence-corrected chi connectivity index (χ3v) is 3.58. The summed E-state index contributed by atoms with van der Waals surface area (Å²) in [4.78, 5) is 4.57. The van der Waals surface area contributed by atoms with Crippen LogP contribution in [0, 0.1) is 0 Å². The van der Waals surface area contributed by atoms with Crippen LogP contribution in [-0.2, 0) is 6.42 Å². The van der Waals surface area contributed by atoms with Crippen molar-refractivity contribution in [2.24, 2.45) is 0 Å². The van der Waals surface area contributed by atoms with E-state index in [1.807, 2.05) is 24.3 Å². The maximum atomic E-state index is 5.13. The summed E-state index contributed by atoms with van der Waals surface area (Å²) in [7, 11) is 1.67. The number of ether oxygens (including phenoxy) is 1. The van der Waals surface area contributed by atoms with E-state index in [0.29, 0.717) is 0 Å². The summed E-state index contributed by atoms with van der Waals surface area (Å²) in [6.45, 7) is 0. The van der Waals surface area contributed by atoms with Crippen LogP contribution in [0.15, 0.2) is 29.6 Å². The molecule has 0 bridgehead atoms. The molecule has 0 aliphatic heterocycles. The molecule has 84 valence electrons. The molecule has 1 aromatic heterocycles. The number of rotatable bonds is 4. The fourth-order valence-electron chi connectivity index (χ4n) is 1.38. The lowest BCUT2D eigenvalue weighted by Gasteiger charge is -2.00. The van der Waals surface area contributed by atoms with Gasteiger partial charge in [-0.25, -0.2) is 4.98 Å². The lowest BCUT2D eigenvalue weighted by molar-refractivity contribution is 0.415. The van der Waals surface area contributed by atoms with E-state index in [-0.39, 0.29) is 0 Å². The van der Waals surface area contributed by atoms with E-state index in [1.54, 1.807) is 18.4 Å². The summed E-state index contributed by atoms with van der Waals surface area (Å²) in [5, 5.41) is 4.14. The molecule has 0 amide bonds. The standard InChI is InChI=1S/C12H12BrNOS/c1-15-11-4-2-9(3-5-11)12-14-10(6-7-13)8-16-12/h2-5,8H,6-7H2,1H3. The molecule has 2 nitrogen and oxygen atoms in total. The Balaban J connectivity index is 2.21. The average molecular weight is 298 g/mol. The van der Waals surface area contributed by atoms with Crippen molar-refractivity contribution in [1.82, 2.24) is 4.98 Å². The first-order valence-electron chi connectivity index (χ1n) is 4.98. The summed E-state index contributed by atoms with van der Waals surface area (Å²) >= 11 is 5.10. The van der Waals surface area contributed by atoms with Crippen LogP contribution < -0.4 is 4.74 Å². The number of aromatic nitrogens is 1. The zero-order chi connectivity index (χ0) is 11.4. The molecule has 0 fully saturated rings. The van der Waals surface area contributed by atoms with Crippen molar-refractivity contribution in [3.8, 4) is 16.3 Å². The molecule has 0 radical (unpaired) electrons. The fourth-order valence-corrected chi connectivity index (χ4v) is 2.65. The number of halogens is 1. The second kappa shape index (κ2) is 5.46. The van der Waals surface area contributed by atoms with Gasteiger partial charge in [0, 0.05) is 22.7 Å². The second-order valence-corrected chi connectivity index (χ2v) is 4.96. The Bertz CT molecular complexity index is 452. The predicted octanol–water partition coefficient (Wildman–Crippen LogP) is 3.76. The molecule has 1 aromatic carbocycles. The first-order chi connectivity index (χ1) is 7.83. The van der Waals surface area contributed by atoms with Crippen LogP contribution in [0.4, 0.5) is 0 Å². The molecule has 4 heteroatoms. The van der Waals surface area contributed by atoms with E-state index in [4.69, 9.17) is 4.74 Å². The third-order valence-electron chi connectivity index (χ3n) is 2.24. The molecule has 0 N–H and O–H groups in total. The molecule has 2 aromatic rings. The Labute approximate surface area is 107 Å². The number of hydrogen-bond donors (Lipinski definition) is 0. The maximum absolute atomic E-state index is 5.13. The summed E-state index contributed by atoms with van der Waals surface area (Å²) in [6.07, 6.45) is 0.979. The van der Waals surface area contributed by atoms with Crippen LogP contribution in [0.1, 0.15) is 5.69 Å². The van der Waals surface area contributed by atoms with E-state index >= 15 is 0 Å². The molecule has 2 rings (SSSR count). The van der Waals surface area contributed by atoms with Gasteiger partial charge in [-0.2, -0.15) is 0 Å². The zero-order valence-electron chi connectivity index (χ0n) is 8.94. The smallest absolute Gasteiger partial charge is 0.123 e. The van der Waals surface area contributed by atoms with Gasteiger partial charge in [0.15, 0.2) is 0 Å². The van der Waals surface area contributed by atoms with Crippen molar-refractivity contribution in [1.29, 1.82) is 0 Å². The van der Waals surface area contributed by atoms with Gasteiger partial charge in [-0.05, 0) is 24.3 Å². The highest BCUT2D eigenvalue weighted by atomic mass is 79.9. The Kier molecular flexibility index (Phi) is 3.96. The number of aryl methyl sites for hydroxylation is 1. The lowest BCUT2D eigenvalue weighted by atomic mass is 10.2. The first-order valence-corrected chi connectivity index (χ1v) is 6.98. The van der Waals surface area contributed by atoms with Crippen molar-refractivity contribution < 1.29 is 4.74 Å². The Morgan fingerprint density at radius 3 is 2.69 bits per heavy atom. The molecule has 0 spiro atoms. The summed E-state index contributed by atoms with van der Waals surface area (Å²) in [5.41, 5.74) is 2.29. The zero-order valence-corrected chi connectivity index (χ0v) is 11.3. The number of nitrogens with zero attached hydrogens (tertiary/aromatic N) is 1. The summed E-state index contributed by atoms with van der Waals surface area (Å²) in [5.74, 6) is 0.876. The molecule has 1 heterocycles. The normalized spacial score (nSPS) is 10.4. The number of alkyl halides is 1. The Morgan fingerprint density at radius 1 is 1.31 bits per heavy atom. The number of thiazole rings is 1. The van der Waals surface area contributed by atoms with Crippen LogP contribution in [-0.4, -0.2) is 17.4 Å². The van der Waals surface area contributed by atoms with Gasteiger partial charge in [-0.15, -0.1) is 11.3 Å². The molecule has 0 aliphatic carbocycles. The van der Waals surface area contributed by atoms with E-state index in [2.05, 4.69) is 26.3 Å². The van der Waals surface area contributed by atoms with Gasteiger partial charge in [0.05, 0.1) is 12.8 Å². The van der Waals surface area contributed by atoms with Crippen LogP contribution >= 0.6 is 27.3 Å². The van der Waals surface area contributed by atoms with Gasteiger partial charge in [0.1, 0.15) is 10.8 Å². The Hall–Kier alpha value is -0.870. The summed E-state index contributed by atoms with van der Waals surface area (Å²) in [6, 6.07) is 7.99. The van der Waals surface area contributed by atoms with Gasteiger partial charge in [0.2, 0.25) is 0 Å². The predicted molar refractivity (Wildman–Crippen MR) is 71.6 cm³/mol. The largest absolute Gasteiger partial charge is 0.497 e. The molecule has 0 saturated carbocycles. The monoisotopic (exact) mass is 297 g/mol. The van der Waals surface area contributed by atoms with Crippen molar-refractivity contribution in [2.45, 2.75) is 6.42 Å². The first kappa shape index (κ1) is 11.6. The van der Waals surface area contributed by atoms with Gasteiger partial charge in [-0.3, -0.25) is 0 Å². The van der Waals surface area contributed by atoms with Crippen LogP contribution in [0.3, 0.4) is 0 Å². The van der Waals surface area contributed by atoms with E-state index in [1.165, 1.54) is 0 Å². The molecule has 0 aliphatic rings. The number of methoxy groups -OCH3 is 1. The highest BCUT2D eigenvalue weighted by Crippen LogP contribution is 2.25. The van der Waals surface area contributed by atoms with Gasteiger partial charge < -0.3 is 4.74 Å². The van der Waals surface area contributed by atoms with E-state index in [9.17, 15) is 0 Å². The average Bonchev–Trinajstić information content (AvgIpc) is 2.78. The van der Waals surface area contributed by atoms with Crippen LogP contribution in [0.5, 0.6) is 5.75 Å². The SMILES string of the molecule is COc1ccc(-c2nc(CCBr)cs2)cc1.